The lowest BCUT2D eigenvalue weighted by Gasteiger charge is -2.37. The van der Waals surface area contributed by atoms with Gasteiger partial charge in [-0.05, 0) is 37.1 Å². The first-order valence-corrected chi connectivity index (χ1v) is 12.4. The topological polar surface area (TPSA) is 99.6 Å². The number of carbonyl (C=O) groups excluding carboxylic acids is 1. The summed E-state index contributed by atoms with van der Waals surface area (Å²) in [4.78, 5) is 21.7. The first-order valence-electron chi connectivity index (χ1n) is 10.2. The Labute approximate surface area is 184 Å². The highest BCUT2D eigenvalue weighted by Gasteiger charge is 2.42. The Balaban J connectivity index is 1.33. The van der Waals surface area contributed by atoms with Crippen LogP contribution >= 0.6 is 11.7 Å². The molecule has 0 saturated carbocycles. The van der Waals surface area contributed by atoms with Crippen LogP contribution in [0.5, 0.6) is 0 Å². The molecule has 2 aliphatic rings. The van der Waals surface area contributed by atoms with Gasteiger partial charge in [0.15, 0.2) is 0 Å². The number of aromatic nitrogens is 3. The average molecular weight is 459 g/mol. The predicted molar refractivity (Wildman–Crippen MR) is 117 cm³/mol. The average Bonchev–Trinajstić information content (AvgIpc) is 3.49. The first-order chi connectivity index (χ1) is 15.1. The van der Waals surface area contributed by atoms with E-state index < -0.39 is 16.1 Å². The number of nitrogens with zero attached hydrogens (tertiary/aromatic N) is 6. The summed E-state index contributed by atoms with van der Waals surface area (Å²) in [6, 6.07) is 10.1. The van der Waals surface area contributed by atoms with Crippen LogP contribution in [0.4, 0.5) is 5.82 Å². The van der Waals surface area contributed by atoms with Crippen LogP contribution in [0.2, 0.25) is 0 Å². The van der Waals surface area contributed by atoms with E-state index in [1.807, 2.05) is 18.2 Å². The minimum Gasteiger partial charge on any atom is -0.353 e. The molecule has 3 aromatic rings. The van der Waals surface area contributed by atoms with Crippen LogP contribution in [0.15, 0.2) is 47.5 Å². The molecule has 11 heteroatoms. The van der Waals surface area contributed by atoms with Crippen LogP contribution in [-0.4, -0.2) is 76.0 Å². The van der Waals surface area contributed by atoms with Gasteiger partial charge in [-0.2, -0.15) is 13.1 Å². The van der Waals surface area contributed by atoms with Gasteiger partial charge in [-0.3, -0.25) is 4.79 Å². The highest BCUT2D eigenvalue weighted by molar-refractivity contribution is 7.89. The van der Waals surface area contributed by atoms with E-state index in [4.69, 9.17) is 0 Å². The molecule has 9 nitrogen and oxygen atoms in total. The Morgan fingerprint density at radius 1 is 1.00 bits per heavy atom. The third-order valence-electron chi connectivity index (χ3n) is 5.89. The number of benzene rings is 1. The number of carbonyl (C=O) groups is 1. The van der Waals surface area contributed by atoms with Gasteiger partial charge in [0, 0.05) is 38.9 Å². The van der Waals surface area contributed by atoms with Crippen molar-refractivity contribution in [1.82, 2.24) is 22.9 Å². The van der Waals surface area contributed by atoms with E-state index in [9.17, 15) is 13.2 Å². The zero-order valence-corrected chi connectivity index (χ0v) is 18.4. The van der Waals surface area contributed by atoms with E-state index in [2.05, 4.69) is 18.6 Å². The van der Waals surface area contributed by atoms with Crippen molar-refractivity contribution in [2.45, 2.75) is 23.8 Å². The fourth-order valence-corrected chi connectivity index (χ4v) is 6.70. The molecule has 1 unspecified atom stereocenters. The molecule has 2 fully saturated rings. The molecule has 0 radical (unpaired) electrons. The number of amides is 1. The van der Waals surface area contributed by atoms with Crippen LogP contribution in [0.3, 0.4) is 0 Å². The van der Waals surface area contributed by atoms with Crippen molar-refractivity contribution in [3.63, 3.8) is 0 Å². The molecule has 0 aliphatic carbocycles. The lowest BCUT2D eigenvalue weighted by Crippen LogP contribution is -2.54. The fraction of sp³-hybridized carbons (Fsp3) is 0.400. The van der Waals surface area contributed by atoms with E-state index in [0.29, 0.717) is 56.6 Å². The molecule has 0 N–H and O–H groups in total. The van der Waals surface area contributed by atoms with Crippen molar-refractivity contribution in [2.75, 3.05) is 37.6 Å². The molecule has 0 spiro atoms. The Kier molecular flexibility index (Phi) is 5.32. The van der Waals surface area contributed by atoms with Crippen molar-refractivity contribution in [2.24, 2.45) is 0 Å². The van der Waals surface area contributed by atoms with Gasteiger partial charge in [0.25, 0.3) is 0 Å². The van der Waals surface area contributed by atoms with Crippen LogP contribution in [0.25, 0.3) is 11.0 Å². The zero-order valence-electron chi connectivity index (χ0n) is 16.8. The second-order valence-corrected chi connectivity index (χ2v) is 10.0. The van der Waals surface area contributed by atoms with Crippen LogP contribution in [0.1, 0.15) is 12.8 Å². The van der Waals surface area contributed by atoms with Crippen LogP contribution in [0, 0.1) is 0 Å². The molecular weight excluding hydrogens is 436 g/mol. The number of piperazine rings is 1. The van der Waals surface area contributed by atoms with E-state index in [0.717, 1.165) is 17.5 Å². The number of rotatable bonds is 4. The Bertz CT molecular complexity index is 1190. The van der Waals surface area contributed by atoms with Crippen LogP contribution in [-0.2, 0) is 14.8 Å². The summed E-state index contributed by atoms with van der Waals surface area (Å²) in [5, 5.41) is 0. The summed E-state index contributed by atoms with van der Waals surface area (Å²) in [6.45, 7) is 2.77. The maximum absolute atomic E-state index is 13.5. The van der Waals surface area contributed by atoms with E-state index in [1.54, 1.807) is 29.3 Å². The second-order valence-electron chi connectivity index (χ2n) is 7.66. The molecule has 2 saturated heterocycles. The largest absolute Gasteiger partial charge is 0.353 e. The summed E-state index contributed by atoms with van der Waals surface area (Å²) in [7, 11) is -3.85. The molecule has 4 heterocycles. The monoisotopic (exact) mass is 458 g/mol. The number of pyridine rings is 1. The van der Waals surface area contributed by atoms with Gasteiger partial charge in [0.05, 0.1) is 11.7 Å². The van der Waals surface area contributed by atoms with Crippen molar-refractivity contribution in [3.8, 4) is 0 Å². The fourth-order valence-electron chi connectivity index (χ4n) is 4.30. The standard InChI is InChI=1S/C20H22N6O3S2/c27-20(25-13-11-24(12-14-25)18-8-1-2-9-21-18)16-6-4-10-26(16)31(28,29)17-7-3-5-15-19(17)23-30-22-15/h1-3,5,7-9,16H,4,6,10-14H2. The van der Waals surface area contributed by atoms with Gasteiger partial charge in [-0.25, -0.2) is 13.4 Å². The van der Waals surface area contributed by atoms with Crippen molar-refractivity contribution >= 4 is 44.5 Å². The highest BCUT2D eigenvalue weighted by atomic mass is 32.2. The normalized spacial score (nSPS) is 20.5. The Morgan fingerprint density at radius 3 is 2.61 bits per heavy atom. The van der Waals surface area contributed by atoms with Crippen molar-refractivity contribution in [3.05, 3.63) is 42.6 Å². The molecule has 0 bridgehead atoms. The zero-order chi connectivity index (χ0) is 21.4. The number of hydrogen-bond acceptors (Lipinski definition) is 8. The van der Waals surface area contributed by atoms with Gasteiger partial charge >= 0.3 is 0 Å². The highest BCUT2D eigenvalue weighted by Crippen LogP contribution is 2.31. The third kappa shape index (κ3) is 3.66. The van der Waals surface area contributed by atoms with Gasteiger partial charge in [-0.1, -0.05) is 12.1 Å². The molecule has 31 heavy (non-hydrogen) atoms. The number of sulfonamides is 1. The third-order valence-corrected chi connectivity index (χ3v) is 8.37. The lowest BCUT2D eigenvalue weighted by molar-refractivity contribution is -0.134. The number of fused-ring (bicyclic) bond motifs is 1. The predicted octanol–water partition coefficient (Wildman–Crippen LogP) is 1.59. The number of anilines is 1. The Hall–Kier alpha value is -2.63. The van der Waals surface area contributed by atoms with E-state index in [1.165, 1.54) is 4.31 Å². The molecule has 5 rings (SSSR count). The summed E-state index contributed by atoms with van der Waals surface area (Å²) in [6.07, 6.45) is 2.95. The van der Waals surface area contributed by atoms with E-state index >= 15 is 0 Å². The summed E-state index contributed by atoms with van der Waals surface area (Å²) in [5.41, 5.74) is 0.924. The summed E-state index contributed by atoms with van der Waals surface area (Å²) in [5.74, 6) is 0.773. The molecule has 1 amide bonds. The maximum Gasteiger partial charge on any atom is 0.246 e. The minimum absolute atomic E-state index is 0.120. The second kappa shape index (κ2) is 8.13. The first kappa shape index (κ1) is 20.3. The SMILES string of the molecule is O=C(C1CCCN1S(=O)(=O)c1cccc2nsnc12)N1CCN(c2ccccn2)CC1. The van der Waals surface area contributed by atoms with Gasteiger partial charge in [0.2, 0.25) is 15.9 Å². The molecule has 1 aromatic carbocycles. The molecule has 1 atom stereocenters. The Morgan fingerprint density at radius 2 is 1.84 bits per heavy atom. The summed E-state index contributed by atoms with van der Waals surface area (Å²) >= 11 is 0.986. The minimum atomic E-state index is -3.85. The quantitative estimate of drug-likeness (QED) is 0.585. The van der Waals surface area contributed by atoms with Crippen LogP contribution < -0.4 is 4.90 Å². The molecule has 162 valence electrons. The van der Waals surface area contributed by atoms with Gasteiger partial charge in [-0.15, -0.1) is 0 Å². The number of hydrogen-bond donors (Lipinski definition) is 0. The molecular formula is C20H22N6O3S2. The smallest absolute Gasteiger partial charge is 0.246 e. The van der Waals surface area contributed by atoms with Gasteiger partial charge < -0.3 is 9.80 Å². The van der Waals surface area contributed by atoms with Crippen molar-refractivity contribution < 1.29 is 13.2 Å². The maximum atomic E-state index is 13.5. The molecule has 2 aliphatic heterocycles. The van der Waals surface area contributed by atoms with Gasteiger partial charge in [0.1, 0.15) is 27.8 Å². The summed E-state index contributed by atoms with van der Waals surface area (Å²) < 4.78 is 36.6. The molecule has 2 aromatic heterocycles. The van der Waals surface area contributed by atoms with Crippen molar-refractivity contribution in [1.29, 1.82) is 0 Å². The van der Waals surface area contributed by atoms with E-state index in [-0.39, 0.29) is 10.8 Å². The lowest BCUT2D eigenvalue weighted by atomic mass is 10.2.